The number of nitrogens with one attached hydrogen (secondary N) is 1. The number of hydrogen-bond donors (Lipinski definition) is 1. The number of ether oxygens (including phenoxy) is 1. The van der Waals surface area contributed by atoms with E-state index in [1.54, 1.807) is 18.6 Å². The summed E-state index contributed by atoms with van der Waals surface area (Å²) in [6, 6.07) is 8.05. The molecule has 22 heavy (non-hydrogen) atoms. The number of anilines is 1. The lowest BCUT2D eigenvalue weighted by Gasteiger charge is -2.25. The first-order valence-corrected chi connectivity index (χ1v) is 7.45. The normalized spacial score (nSPS) is 19.4. The van der Waals surface area contributed by atoms with E-state index < -0.39 is 0 Å². The van der Waals surface area contributed by atoms with Crippen LogP contribution in [0.1, 0.15) is 18.0 Å². The first kappa shape index (κ1) is 13.2. The van der Waals surface area contributed by atoms with E-state index in [1.807, 2.05) is 28.9 Å². The van der Waals surface area contributed by atoms with Gasteiger partial charge in [-0.15, -0.1) is 0 Å². The topological polar surface area (TPSA) is 64.3 Å². The number of nitrogens with zero attached hydrogens (tertiary/aromatic N) is 4. The molecule has 1 saturated heterocycles. The van der Waals surface area contributed by atoms with Crippen LogP contribution < -0.4 is 5.32 Å². The van der Waals surface area contributed by atoms with Crippen LogP contribution in [0.5, 0.6) is 0 Å². The van der Waals surface area contributed by atoms with E-state index in [2.05, 4.69) is 26.4 Å². The van der Waals surface area contributed by atoms with Gasteiger partial charge in [0.1, 0.15) is 5.82 Å². The lowest BCUT2D eigenvalue weighted by molar-refractivity contribution is 0.182. The number of pyridine rings is 1. The van der Waals surface area contributed by atoms with Gasteiger partial charge in [0.15, 0.2) is 5.65 Å². The first-order valence-electron chi connectivity index (χ1n) is 7.45. The van der Waals surface area contributed by atoms with Gasteiger partial charge in [-0.3, -0.25) is 4.98 Å². The van der Waals surface area contributed by atoms with Crippen LogP contribution >= 0.6 is 0 Å². The van der Waals surface area contributed by atoms with E-state index in [4.69, 9.17) is 4.74 Å². The molecule has 0 aliphatic carbocycles. The van der Waals surface area contributed by atoms with Crippen molar-refractivity contribution in [1.29, 1.82) is 0 Å². The fourth-order valence-corrected chi connectivity index (χ4v) is 2.95. The highest BCUT2D eigenvalue weighted by molar-refractivity contribution is 5.48. The van der Waals surface area contributed by atoms with Gasteiger partial charge in [-0.25, -0.2) is 4.98 Å². The van der Waals surface area contributed by atoms with Crippen LogP contribution in [0.4, 0.5) is 5.82 Å². The zero-order valence-electron chi connectivity index (χ0n) is 12.1. The van der Waals surface area contributed by atoms with Crippen LogP contribution in [0.25, 0.3) is 5.65 Å². The average Bonchev–Trinajstić information content (AvgIpc) is 3.25. The van der Waals surface area contributed by atoms with E-state index >= 15 is 0 Å². The predicted molar refractivity (Wildman–Crippen MR) is 82.5 cm³/mol. The maximum atomic E-state index is 5.57. The molecule has 1 aliphatic rings. The van der Waals surface area contributed by atoms with Crippen molar-refractivity contribution in [2.75, 3.05) is 18.5 Å². The van der Waals surface area contributed by atoms with Gasteiger partial charge in [-0.2, -0.15) is 9.61 Å². The summed E-state index contributed by atoms with van der Waals surface area (Å²) in [5, 5.41) is 7.94. The molecule has 0 radical (unpaired) electrons. The van der Waals surface area contributed by atoms with Gasteiger partial charge < -0.3 is 10.1 Å². The van der Waals surface area contributed by atoms with Crippen molar-refractivity contribution in [1.82, 2.24) is 19.6 Å². The van der Waals surface area contributed by atoms with Crippen molar-refractivity contribution in [3.8, 4) is 0 Å². The van der Waals surface area contributed by atoms with Crippen molar-refractivity contribution in [2.45, 2.75) is 12.5 Å². The molecule has 1 aliphatic heterocycles. The number of fused-ring (bicyclic) bond motifs is 1. The third kappa shape index (κ3) is 2.42. The SMILES string of the molecule is c1cncc(C(Nc2ccnc3ccnn23)C2CCOC2)c1. The third-order valence-corrected chi connectivity index (χ3v) is 4.07. The minimum absolute atomic E-state index is 0.144. The van der Waals surface area contributed by atoms with E-state index in [0.717, 1.165) is 36.7 Å². The summed E-state index contributed by atoms with van der Waals surface area (Å²) in [5.41, 5.74) is 1.99. The molecule has 6 heteroatoms. The summed E-state index contributed by atoms with van der Waals surface area (Å²) in [4.78, 5) is 8.56. The Morgan fingerprint density at radius 3 is 3.05 bits per heavy atom. The minimum Gasteiger partial charge on any atom is -0.381 e. The Kier molecular flexibility index (Phi) is 3.44. The van der Waals surface area contributed by atoms with Gasteiger partial charge in [-0.05, 0) is 24.1 Å². The van der Waals surface area contributed by atoms with Crippen molar-refractivity contribution in [3.63, 3.8) is 0 Å². The predicted octanol–water partition coefficient (Wildman–Crippen LogP) is 2.31. The van der Waals surface area contributed by atoms with Gasteiger partial charge in [0.25, 0.3) is 0 Å². The van der Waals surface area contributed by atoms with Crippen molar-refractivity contribution in [3.05, 3.63) is 54.6 Å². The Balaban J connectivity index is 1.70. The van der Waals surface area contributed by atoms with Crippen LogP contribution in [0, 0.1) is 5.92 Å². The Bertz CT molecular complexity index is 751. The molecule has 0 saturated carbocycles. The van der Waals surface area contributed by atoms with Gasteiger partial charge in [0, 0.05) is 37.2 Å². The van der Waals surface area contributed by atoms with Crippen LogP contribution in [0.15, 0.2) is 49.1 Å². The summed E-state index contributed by atoms with van der Waals surface area (Å²) in [5.74, 6) is 1.35. The van der Waals surface area contributed by atoms with Gasteiger partial charge in [0.2, 0.25) is 0 Å². The molecular weight excluding hydrogens is 278 g/mol. The number of hydrogen-bond acceptors (Lipinski definition) is 5. The highest BCUT2D eigenvalue weighted by Gasteiger charge is 2.27. The molecule has 6 nitrogen and oxygen atoms in total. The summed E-state index contributed by atoms with van der Waals surface area (Å²) < 4.78 is 7.39. The molecule has 0 aromatic carbocycles. The summed E-state index contributed by atoms with van der Waals surface area (Å²) in [7, 11) is 0. The van der Waals surface area contributed by atoms with E-state index in [0.29, 0.717) is 5.92 Å². The molecule has 1 N–H and O–H groups in total. The van der Waals surface area contributed by atoms with Crippen LogP contribution in [-0.4, -0.2) is 32.8 Å². The quantitative estimate of drug-likeness (QED) is 0.800. The molecule has 3 aromatic heterocycles. The molecule has 0 bridgehead atoms. The molecule has 2 atom stereocenters. The number of aromatic nitrogens is 4. The van der Waals surface area contributed by atoms with Crippen LogP contribution in [0.2, 0.25) is 0 Å². The summed E-state index contributed by atoms with van der Waals surface area (Å²) in [6.07, 6.45) is 8.30. The van der Waals surface area contributed by atoms with Gasteiger partial charge >= 0.3 is 0 Å². The highest BCUT2D eigenvalue weighted by atomic mass is 16.5. The zero-order chi connectivity index (χ0) is 14.8. The maximum Gasteiger partial charge on any atom is 0.157 e. The molecule has 1 fully saturated rings. The monoisotopic (exact) mass is 295 g/mol. The second-order valence-corrected chi connectivity index (χ2v) is 5.46. The molecule has 4 heterocycles. The lowest BCUT2D eigenvalue weighted by atomic mass is 9.93. The van der Waals surface area contributed by atoms with Crippen LogP contribution in [0.3, 0.4) is 0 Å². The maximum absolute atomic E-state index is 5.57. The van der Waals surface area contributed by atoms with Crippen LogP contribution in [-0.2, 0) is 4.74 Å². The molecular formula is C16H17N5O. The first-order chi connectivity index (χ1) is 10.9. The molecule has 0 amide bonds. The average molecular weight is 295 g/mol. The largest absolute Gasteiger partial charge is 0.381 e. The van der Waals surface area contributed by atoms with Crippen molar-refractivity contribution >= 4 is 11.5 Å². The van der Waals surface area contributed by atoms with E-state index in [1.165, 1.54) is 0 Å². The Morgan fingerprint density at radius 1 is 1.23 bits per heavy atom. The minimum atomic E-state index is 0.144. The molecule has 3 aromatic rings. The third-order valence-electron chi connectivity index (χ3n) is 4.07. The number of rotatable bonds is 4. The van der Waals surface area contributed by atoms with Gasteiger partial charge in [-0.1, -0.05) is 6.07 Å². The Labute approximate surface area is 128 Å². The molecule has 112 valence electrons. The van der Waals surface area contributed by atoms with Gasteiger partial charge in [0.05, 0.1) is 18.8 Å². The fraction of sp³-hybridized carbons (Fsp3) is 0.312. The molecule has 4 rings (SSSR count). The lowest BCUT2D eigenvalue weighted by Crippen LogP contribution is -2.23. The zero-order valence-corrected chi connectivity index (χ0v) is 12.1. The summed E-state index contributed by atoms with van der Waals surface area (Å²) >= 11 is 0. The molecule has 0 spiro atoms. The Morgan fingerprint density at radius 2 is 2.23 bits per heavy atom. The summed E-state index contributed by atoms with van der Waals surface area (Å²) in [6.45, 7) is 1.58. The van der Waals surface area contributed by atoms with Crippen molar-refractivity contribution in [2.24, 2.45) is 5.92 Å². The van der Waals surface area contributed by atoms with Crippen molar-refractivity contribution < 1.29 is 4.74 Å². The second-order valence-electron chi connectivity index (χ2n) is 5.46. The fourth-order valence-electron chi connectivity index (χ4n) is 2.95. The van der Waals surface area contributed by atoms with E-state index in [-0.39, 0.29) is 6.04 Å². The Hall–Kier alpha value is -2.47. The molecule has 2 unspecified atom stereocenters. The standard InChI is InChI=1S/C16H17N5O/c1-2-12(10-17-6-1)16(13-5-9-22-11-13)20-15-3-7-18-14-4-8-19-21(14)15/h1-4,6-8,10,13,16,20H,5,9,11H2. The second kappa shape index (κ2) is 5.73. The smallest absolute Gasteiger partial charge is 0.157 e. The highest BCUT2D eigenvalue weighted by Crippen LogP contribution is 2.31. The van der Waals surface area contributed by atoms with E-state index in [9.17, 15) is 0 Å².